The molecule has 23 heavy (non-hydrogen) atoms. The van der Waals surface area contributed by atoms with E-state index in [-0.39, 0.29) is 24.3 Å². The molecular weight excluding hydrogens is 316 g/mol. The molecule has 1 fully saturated rings. The summed E-state index contributed by atoms with van der Waals surface area (Å²) in [6, 6.07) is 3.59. The number of rotatable bonds is 5. The van der Waals surface area contributed by atoms with Crippen LogP contribution in [0.15, 0.2) is 21.9 Å². The third-order valence-corrected chi connectivity index (χ3v) is 4.69. The van der Waals surface area contributed by atoms with E-state index in [1.54, 1.807) is 6.07 Å². The molecule has 1 aliphatic rings. The van der Waals surface area contributed by atoms with Crippen molar-refractivity contribution in [1.82, 2.24) is 20.4 Å². The summed E-state index contributed by atoms with van der Waals surface area (Å²) in [5.41, 5.74) is 0. The van der Waals surface area contributed by atoms with Gasteiger partial charge in [-0.1, -0.05) is 13.0 Å². The molecule has 0 saturated carbocycles. The van der Waals surface area contributed by atoms with Gasteiger partial charge in [-0.15, -0.1) is 21.5 Å². The Labute approximate surface area is 137 Å². The number of thiophene rings is 1. The molecule has 1 aliphatic heterocycles. The predicted octanol–water partition coefficient (Wildman–Crippen LogP) is 1.79. The van der Waals surface area contributed by atoms with Crippen molar-refractivity contribution in [3.8, 4) is 0 Å². The molecule has 2 aromatic heterocycles. The third-order valence-electron chi connectivity index (χ3n) is 3.82. The predicted molar refractivity (Wildman–Crippen MR) is 84.0 cm³/mol. The molecule has 1 N–H and O–H groups in total. The van der Waals surface area contributed by atoms with Gasteiger partial charge < -0.3 is 14.6 Å². The number of amides is 2. The molecule has 3 heterocycles. The van der Waals surface area contributed by atoms with E-state index in [1.807, 2.05) is 23.3 Å². The number of aromatic nitrogens is 2. The van der Waals surface area contributed by atoms with Crippen molar-refractivity contribution in [3.63, 3.8) is 0 Å². The van der Waals surface area contributed by atoms with E-state index in [1.165, 1.54) is 11.3 Å². The lowest BCUT2D eigenvalue weighted by atomic mass is 10.1. The maximum atomic E-state index is 11.9. The number of nitrogens with one attached hydrogen (secondary N) is 1. The Hall–Kier alpha value is -2.22. The molecule has 1 saturated heterocycles. The van der Waals surface area contributed by atoms with Crippen molar-refractivity contribution in [2.45, 2.75) is 32.2 Å². The van der Waals surface area contributed by atoms with E-state index in [4.69, 9.17) is 4.42 Å². The summed E-state index contributed by atoms with van der Waals surface area (Å²) >= 11 is 1.38. The standard InChI is InChI=1S/C15H18N4O3S/c1-2-13(20)19-6-5-10(9-19)15-18-17-12(22-15)8-16-14(21)11-4-3-7-23-11/h3-4,7,10H,2,5-6,8-9H2,1H3,(H,16,21). The Kier molecular flexibility index (Phi) is 4.71. The second-order valence-electron chi connectivity index (χ2n) is 5.37. The van der Waals surface area contributed by atoms with Gasteiger partial charge in [-0.05, 0) is 17.9 Å². The smallest absolute Gasteiger partial charge is 0.261 e. The van der Waals surface area contributed by atoms with E-state index in [0.717, 1.165) is 13.0 Å². The number of hydrogen-bond acceptors (Lipinski definition) is 6. The molecule has 1 unspecified atom stereocenters. The Bertz CT molecular complexity index is 683. The van der Waals surface area contributed by atoms with Gasteiger partial charge in [0.25, 0.3) is 5.91 Å². The fraction of sp³-hybridized carbons (Fsp3) is 0.467. The summed E-state index contributed by atoms with van der Waals surface area (Å²) in [6.45, 7) is 3.41. The Morgan fingerprint density at radius 2 is 2.35 bits per heavy atom. The van der Waals surface area contributed by atoms with Gasteiger partial charge in [0, 0.05) is 19.5 Å². The molecule has 0 aromatic carbocycles. The first-order valence-corrected chi connectivity index (χ1v) is 8.47. The summed E-state index contributed by atoms with van der Waals surface area (Å²) < 4.78 is 5.63. The van der Waals surface area contributed by atoms with E-state index in [0.29, 0.717) is 29.6 Å². The molecule has 7 nitrogen and oxygen atoms in total. The molecule has 8 heteroatoms. The lowest BCUT2D eigenvalue weighted by Gasteiger charge is -2.14. The monoisotopic (exact) mass is 334 g/mol. The van der Waals surface area contributed by atoms with Crippen molar-refractivity contribution in [2.24, 2.45) is 0 Å². The minimum Gasteiger partial charge on any atom is -0.423 e. The first-order valence-electron chi connectivity index (χ1n) is 7.59. The van der Waals surface area contributed by atoms with Gasteiger partial charge in [-0.2, -0.15) is 0 Å². The van der Waals surface area contributed by atoms with Gasteiger partial charge in [-0.3, -0.25) is 9.59 Å². The van der Waals surface area contributed by atoms with Gasteiger partial charge in [-0.25, -0.2) is 0 Å². The van der Waals surface area contributed by atoms with Crippen LogP contribution in [0.1, 0.15) is 47.1 Å². The van der Waals surface area contributed by atoms with Crippen LogP contribution in [-0.2, 0) is 11.3 Å². The Balaban J connectivity index is 1.54. The second kappa shape index (κ2) is 6.91. The third kappa shape index (κ3) is 3.58. The highest BCUT2D eigenvalue weighted by molar-refractivity contribution is 7.12. The minimum atomic E-state index is -0.152. The molecule has 0 spiro atoms. The molecule has 1 atom stereocenters. The van der Waals surface area contributed by atoms with Crippen molar-refractivity contribution in [1.29, 1.82) is 0 Å². The van der Waals surface area contributed by atoms with Gasteiger partial charge in [0.15, 0.2) is 0 Å². The number of hydrogen-bond donors (Lipinski definition) is 1. The van der Waals surface area contributed by atoms with E-state index in [2.05, 4.69) is 15.5 Å². The highest BCUT2D eigenvalue weighted by atomic mass is 32.1. The molecule has 2 amide bonds. The summed E-state index contributed by atoms with van der Waals surface area (Å²) in [7, 11) is 0. The number of likely N-dealkylation sites (tertiary alicyclic amines) is 1. The second-order valence-corrected chi connectivity index (χ2v) is 6.32. The fourth-order valence-electron chi connectivity index (χ4n) is 2.57. The van der Waals surface area contributed by atoms with Crippen LogP contribution < -0.4 is 5.32 Å². The van der Waals surface area contributed by atoms with Gasteiger partial charge in [0.2, 0.25) is 17.7 Å². The number of carbonyl (C=O) groups is 2. The molecule has 0 bridgehead atoms. The van der Waals surface area contributed by atoms with Crippen molar-refractivity contribution < 1.29 is 14.0 Å². The quantitative estimate of drug-likeness (QED) is 0.900. The number of nitrogens with zero attached hydrogens (tertiary/aromatic N) is 3. The molecular formula is C15H18N4O3S. The van der Waals surface area contributed by atoms with E-state index in [9.17, 15) is 9.59 Å². The van der Waals surface area contributed by atoms with Crippen LogP contribution in [0.5, 0.6) is 0 Å². The highest BCUT2D eigenvalue weighted by Crippen LogP contribution is 2.26. The Morgan fingerprint density at radius 1 is 1.48 bits per heavy atom. The zero-order chi connectivity index (χ0) is 16.2. The van der Waals surface area contributed by atoms with Crippen LogP contribution in [0.3, 0.4) is 0 Å². The van der Waals surface area contributed by atoms with Crippen LogP contribution in [0.4, 0.5) is 0 Å². The molecule has 0 aliphatic carbocycles. The lowest BCUT2D eigenvalue weighted by Crippen LogP contribution is -2.27. The van der Waals surface area contributed by atoms with Crippen LogP contribution in [0.25, 0.3) is 0 Å². The first kappa shape index (κ1) is 15.7. The van der Waals surface area contributed by atoms with E-state index >= 15 is 0 Å². The number of carbonyl (C=O) groups excluding carboxylic acids is 2. The molecule has 3 rings (SSSR count). The van der Waals surface area contributed by atoms with Gasteiger partial charge >= 0.3 is 0 Å². The average molecular weight is 334 g/mol. The fourth-order valence-corrected chi connectivity index (χ4v) is 3.21. The minimum absolute atomic E-state index is 0.0831. The average Bonchev–Trinajstić information content (AvgIpc) is 3.32. The lowest BCUT2D eigenvalue weighted by molar-refractivity contribution is -0.129. The summed E-state index contributed by atoms with van der Waals surface area (Å²) in [6.07, 6.45) is 1.34. The van der Waals surface area contributed by atoms with Crippen LogP contribution in [0, 0.1) is 0 Å². The van der Waals surface area contributed by atoms with Gasteiger partial charge in [0.05, 0.1) is 17.3 Å². The maximum absolute atomic E-state index is 11.9. The topological polar surface area (TPSA) is 88.3 Å². The molecule has 2 aromatic rings. The van der Waals surface area contributed by atoms with Crippen molar-refractivity contribution >= 4 is 23.2 Å². The SMILES string of the molecule is CCC(=O)N1CCC(c2nnc(CNC(=O)c3cccs3)o2)C1. The zero-order valence-electron chi connectivity index (χ0n) is 12.8. The summed E-state index contributed by atoms with van der Waals surface area (Å²) in [4.78, 5) is 26.0. The van der Waals surface area contributed by atoms with Gasteiger partial charge in [0.1, 0.15) is 0 Å². The molecule has 0 radical (unpaired) electrons. The zero-order valence-corrected chi connectivity index (χ0v) is 13.6. The highest BCUT2D eigenvalue weighted by Gasteiger charge is 2.30. The van der Waals surface area contributed by atoms with Crippen LogP contribution in [-0.4, -0.2) is 40.0 Å². The molecule has 122 valence electrons. The summed E-state index contributed by atoms with van der Waals surface area (Å²) in [5, 5.41) is 12.6. The van der Waals surface area contributed by atoms with Crippen LogP contribution >= 0.6 is 11.3 Å². The normalized spacial score (nSPS) is 17.4. The maximum Gasteiger partial charge on any atom is 0.261 e. The largest absolute Gasteiger partial charge is 0.423 e. The van der Waals surface area contributed by atoms with E-state index < -0.39 is 0 Å². The summed E-state index contributed by atoms with van der Waals surface area (Å²) in [5.74, 6) is 0.998. The Morgan fingerprint density at radius 3 is 3.09 bits per heavy atom. The first-order chi connectivity index (χ1) is 11.2. The van der Waals surface area contributed by atoms with Crippen LogP contribution in [0.2, 0.25) is 0 Å². The van der Waals surface area contributed by atoms with Crippen molar-refractivity contribution in [2.75, 3.05) is 13.1 Å². The van der Waals surface area contributed by atoms with Crippen molar-refractivity contribution in [3.05, 3.63) is 34.2 Å².